The Kier molecular flexibility index (Phi) is 4.92. The van der Waals surface area contributed by atoms with Gasteiger partial charge in [-0.25, -0.2) is 13.5 Å². The molecule has 2 aromatic heterocycles. The topological polar surface area (TPSA) is 69.0 Å². The Labute approximate surface area is 148 Å². The van der Waals surface area contributed by atoms with Gasteiger partial charge in [0.05, 0.1) is 24.9 Å². The first-order chi connectivity index (χ1) is 12.5. The molecule has 134 valence electrons. The second kappa shape index (κ2) is 7.30. The van der Waals surface area contributed by atoms with Crippen LogP contribution >= 0.6 is 0 Å². The normalized spacial score (nSPS) is 10.6. The number of nitrogens with one attached hydrogen (secondary N) is 1. The Hall–Kier alpha value is -3.29. The average Bonchev–Trinajstić information content (AvgIpc) is 3.00. The van der Waals surface area contributed by atoms with Crippen molar-refractivity contribution in [3.05, 3.63) is 65.6 Å². The lowest BCUT2D eigenvalue weighted by atomic mass is 10.2. The molecule has 0 radical (unpaired) electrons. The van der Waals surface area contributed by atoms with Crippen LogP contribution in [0.15, 0.2) is 42.6 Å². The number of hydrogen-bond acceptors (Lipinski definition) is 5. The van der Waals surface area contributed by atoms with Crippen molar-refractivity contribution in [3.8, 4) is 5.69 Å². The second-order valence-corrected chi connectivity index (χ2v) is 5.59. The summed E-state index contributed by atoms with van der Waals surface area (Å²) in [4.78, 5) is 15.8. The van der Waals surface area contributed by atoms with E-state index < -0.39 is 17.6 Å². The van der Waals surface area contributed by atoms with E-state index in [1.165, 1.54) is 13.2 Å². The minimum Gasteiger partial charge on any atom is -0.469 e. The fourth-order valence-corrected chi connectivity index (χ4v) is 2.43. The number of pyridine rings is 1. The van der Waals surface area contributed by atoms with Crippen LogP contribution in [0.25, 0.3) is 5.69 Å². The molecule has 0 unspecified atom stereocenters. The van der Waals surface area contributed by atoms with E-state index in [0.29, 0.717) is 17.2 Å². The molecule has 2 heterocycles. The molecule has 1 aromatic carbocycles. The van der Waals surface area contributed by atoms with Crippen LogP contribution in [0, 0.1) is 18.6 Å². The van der Waals surface area contributed by atoms with Gasteiger partial charge in [0, 0.05) is 29.7 Å². The zero-order valence-electron chi connectivity index (χ0n) is 14.2. The smallest absolute Gasteiger partial charge is 0.311 e. The van der Waals surface area contributed by atoms with E-state index in [-0.39, 0.29) is 6.42 Å². The highest BCUT2D eigenvalue weighted by Gasteiger charge is 2.15. The van der Waals surface area contributed by atoms with Gasteiger partial charge >= 0.3 is 5.97 Å². The number of anilines is 2. The predicted molar refractivity (Wildman–Crippen MR) is 91.5 cm³/mol. The van der Waals surface area contributed by atoms with Gasteiger partial charge in [-0.2, -0.15) is 0 Å². The lowest BCUT2D eigenvalue weighted by Crippen LogP contribution is -2.10. The molecule has 26 heavy (non-hydrogen) atoms. The summed E-state index contributed by atoms with van der Waals surface area (Å²) in [5.41, 5.74) is 2.42. The fraction of sp³-hybridized carbons (Fsp3) is 0.167. The number of nitrogens with zero attached hydrogens (tertiary/aromatic N) is 3. The van der Waals surface area contributed by atoms with Crippen LogP contribution in [-0.4, -0.2) is 27.8 Å². The van der Waals surface area contributed by atoms with Crippen molar-refractivity contribution in [1.29, 1.82) is 0 Å². The third kappa shape index (κ3) is 3.85. The quantitative estimate of drug-likeness (QED) is 0.709. The summed E-state index contributed by atoms with van der Waals surface area (Å²) in [6, 6.07) is 8.67. The summed E-state index contributed by atoms with van der Waals surface area (Å²) >= 11 is 0. The number of carbonyl (C=O) groups excluding carboxylic acids is 1. The average molecular weight is 358 g/mol. The van der Waals surface area contributed by atoms with Crippen molar-refractivity contribution in [2.24, 2.45) is 0 Å². The molecule has 0 amide bonds. The van der Waals surface area contributed by atoms with Gasteiger partial charge in [0.15, 0.2) is 17.5 Å². The lowest BCUT2D eigenvalue weighted by molar-refractivity contribution is -0.139. The molecule has 0 aliphatic rings. The Morgan fingerprint density at radius 1 is 1.19 bits per heavy atom. The minimum atomic E-state index is -0.964. The van der Waals surface area contributed by atoms with Crippen LogP contribution in [0.3, 0.4) is 0 Å². The van der Waals surface area contributed by atoms with Crippen LogP contribution in [0.2, 0.25) is 0 Å². The highest BCUT2D eigenvalue weighted by atomic mass is 19.2. The molecule has 3 rings (SSSR count). The molecule has 0 fully saturated rings. The minimum absolute atomic E-state index is 0.00430. The number of esters is 1. The lowest BCUT2D eigenvalue weighted by Gasteiger charge is -2.07. The Morgan fingerprint density at radius 3 is 2.69 bits per heavy atom. The maximum Gasteiger partial charge on any atom is 0.311 e. The summed E-state index contributed by atoms with van der Waals surface area (Å²) in [5, 5.41) is 7.31. The van der Waals surface area contributed by atoms with Gasteiger partial charge in [0.1, 0.15) is 0 Å². The van der Waals surface area contributed by atoms with Crippen LogP contribution in [0.1, 0.15) is 11.4 Å². The van der Waals surface area contributed by atoms with E-state index in [1.54, 1.807) is 23.0 Å². The zero-order chi connectivity index (χ0) is 18.7. The monoisotopic (exact) mass is 358 g/mol. The van der Waals surface area contributed by atoms with Gasteiger partial charge in [-0.1, -0.05) is 0 Å². The molecule has 3 aromatic rings. The van der Waals surface area contributed by atoms with E-state index in [1.807, 2.05) is 13.0 Å². The number of hydrogen-bond donors (Lipinski definition) is 1. The molecule has 0 aliphatic carbocycles. The predicted octanol–water partition coefficient (Wildman–Crippen LogP) is 3.31. The first-order valence-electron chi connectivity index (χ1n) is 7.77. The third-order valence-corrected chi connectivity index (χ3v) is 3.65. The number of aryl methyl sites for hydroxylation is 1. The maximum atomic E-state index is 13.4. The Morgan fingerprint density at radius 2 is 2.00 bits per heavy atom. The van der Waals surface area contributed by atoms with Gasteiger partial charge in [0.25, 0.3) is 0 Å². The molecular weight excluding hydrogens is 342 g/mol. The van der Waals surface area contributed by atoms with Crippen molar-refractivity contribution >= 4 is 17.5 Å². The van der Waals surface area contributed by atoms with Crippen LogP contribution in [0.4, 0.5) is 20.3 Å². The van der Waals surface area contributed by atoms with Gasteiger partial charge in [-0.05, 0) is 31.2 Å². The maximum absolute atomic E-state index is 13.4. The fourth-order valence-electron chi connectivity index (χ4n) is 2.43. The van der Waals surface area contributed by atoms with Crippen LogP contribution in [-0.2, 0) is 16.0 Å². The highest BCUT2D eigenvalue weighted by molar-refractivity contribution is 5.72. The van der Waals surface area contributed by atoms with Crippen molar-refractivity contribution in [3.63, 3.8) is 0 Å². The number of aromatic nitrogens is 3. The molecule has 6 nitrogen and oxygen atoms in total. The van der Waals surface area contributed by atoms with E-state index >= 15 is 0 Å². The summed E-state index contributed by atoms with van der Waals surface area (Å²) < 4.78 is 32.8. The van der Waals surface area contributed by atoms with Crippen molar-refractivity contribution in [1.82, 2.24) is 14.8 Å². The Bertz CT molecular complexity index is 956. The van der Waals surface area contributed by atoms with Gasteiger partial charge in [0.2, 0.25) is 0 Å². The molecule has 0 saturated carbocycles. The first kappa shape index (κ1) is 17.5. The van der Waals surface area contributed by atoms with Crippen LogP contribution in [0.5, 0.6) is 0 Å². The number of carbonyl (C=O) groups is 1. The molecule has 0 bridgehead atoms. The zero-order valence-corrected chi connectivity index (χ0v) is 14.2. The second-order valence-electron chi connectivity index (χ2n) is 5.59. The summed E-state index contributed by atoms with van der Waals surface area (Å²) in [6.45, 7) is 1.84. The van der Waals surface area contributed by atoms with Crippen molar-refractivity contribution in [2.75, 3.05) is 12.4 Å². The van der Waals surface area contributed by atoms with Crippen LogP contribution < -0.4 is 5.32 Å². The number of halogens is 2. The molecule has 1 N–H and O–H groups in total. The number of rotatable bonds is 5. The molecule has 0 aliphatic heterocycles. The summed E-state index contributed by atoms with van der Waals surface area (Å²) in [6.07, 6.45) is 1.64. The van der Waals surface area contributed by atoms with E-state index in [9.17, 15) is 13.6 Å². The number of methoxy groups -OCH3 is 1. The number of benzene rings is 1. The Balaban J connectivity index is 1.97. The largest absolute Gasteiger partial charge is 0.469 e. The van der Waals surface area contributed by atoms with Gasteiger partial charge in [-0.3, -0.25) is 9.78 Å². The van der Waals surface area contributed by atoms with E-state index in [4.69, 9.17) is 4.74 Å². The third-order valence-electron chi connectivity index (χ3n) is 3.65. The highest BCUT2D eigenvalue weighted by Crippen LogP contribution is 2.22. The van der Waals surface area contributed by atoms with E-state index in [0.717, 1.165) is 23.5 Å². The SMILES string of the molecule is COC(=O)Cc1cc(Nc2ccc(F)c(F)c2)nn1-c1ccnc(C)c1. The number of ether oxygens (including phenoxy) is 1. The first-order valence-corrected chi connectivity index (χ1v) is 7.77. The standard InChI is InChI=1S/C18H16F2N4O2/c1-11-7-13(5-6-21-11)24-14(10-18(25)26-2)9-17(23-24)22-12-3-4-15(19)16(20)8-12/h3-9H,10H2,1-2H3,(H,22,23). The van der Waals surface area contributed by atoms with Crippen molar-refractivity contribution in [2.45, 2.75) is 13.3 Å². The molecular formula is C18H16F2N4O2. The van der Waals surface area contributed by atoms with Gasteiger partial charge < -0.3 is 10.1 Å². The molecule has 0 atom stereocenters. The van der Waals surface area contributed by atoms with Gasteiger partial charge in [-0.15, -0.1) is 5.10 Å². The van der Waals surface area contributed by atoms with E-state index in [2.05, 4.69) is 15.4 Å². The van der Waals surface area contributed by atoms with Crippen molar-refractivity contribution < 1.29 is 18.3 Å². The summed E-state index contributed by atoms with van der Waals surface area (Å²) in [7, 11) is 1.31. The summed E-state index contributed by atoms with van der Waals surface area (Å²) in [5.74, 6) is -1.94. The molecule has 0 saturated heterocycles. The molecule has 0 spiro atoms. The molecule has 8 heteroatoms.